The first-order valence-electron chi connectivity index (χ1n) is 5.33. The van der Waals surface area contributed by atoms with E-state index < -0.39 is 0 Å². The fraction of sp³-hybridized carbons (Fsp3) is 0.167. The quantitative estimate of drug-likeness (QED) is 0.876. The van der Waals surface area contributed by atoms with Crippen molar-refractivity contribution in [1.29, 1.82) is 0 Å². The number of primary amides is 1. The van der Waals surface area contributed by atoms with E-state index in [1.165, 1.54) is 11.8 Å². The van der Waals surface area contributed by atoms with E-state index in [2.05, 4.69) is 4.98 Å². The molecule has 0 aliphatic rings. The zero-order valence-electron chi connectivity index (χ0n) is 9.71. The van der Waals surface area contributed by atoms with Crippen molar-refractivity contribution in [3.63, 3.8) is 0 Å². The highest BCUT2D eigenvalue weighted by Gasteiger charge is 2.14. The molecule has 0 unspecified atom stereocenters. The molecule has 18 heavy (non-hydrogen) atoms. The van der Waals surface area contributed by atoms with Crippen LogP contribution in [0.3, 0.4) is 0 Å². The first-order valence-corrected chi connectivity index (χ1v) is 6.59. The summed E-state index contributed by atoms with van der Waals surface area (Å²) in [6.45, 7) is 1.75. The molecule has 1 amide bonds. The molecule has 94 valence electrons. The Kier molecular flexibility index (Phi) is 3.93. The van der Waals surface area contributed by atoms with Crippen molar-refractivity contribution in [2.75, 3.05) is 0 Å². The highest BCUT2D eigenvalue weighted by Crippen LogP contribution is 2.25. The maximum Gasteiger partial charge on any atom is 0.230 e. The number of imidazole rings is 1. The lowest BCUT2D eigenvalue weighted by molar-refractivity contribution is -0.117. The summed E-state index contributed by atoms with van der Waals surface area (Å²) >= 11 is 7.28. The largest absolute Gasteiger partial charge is 0.369 e. The molecule has 0 saturated heterocycles. The molecule has 0 fully saturated rings. The Balaban J connectivity index is 2.30. The second-order valence-electron chi connectivity index (χ2n) is 3.72. The molecule has 0 spiro atoms. The molecule has 2 N–H and O–H groups in total. The van der Waals surface area contributed by atoms with E-state index in [9.17, 15) is 4.79 Å². The Labute approximate surface area is 114 Å². The fourth-order valence-corrected chi connectivity index (χ4v) is 2.43. The van der Waals surface area contributed by atoms with Gasteiger partial charge >= 0.3 is 0 Å². The first kappa shape index (κ1) is 13.0. The SMILES string of the molecule is C[C@H](Sc1nccn1-c1cccc(Cl)c1)C(N)=O. The molecule has 0 aliphatic carbocycles. The summed E-state index contributed by atoms with van der Waals surface area (Å²) in [7, 11) is 0. The van der Waals surface area contributed by atoms with Crippen LogP contribution in [0.15, 0.2) is 41.8 Å². The van der Waals surface area contributed by atoms with Crippen LogP contribution in [-0.4, -0.2) is 20.7 Å². The molecule has 2 aromatic rings. The number of hydrogen-bond acceptors (Lipinski definition) is 3. The number of carbonyl (C=O) groups excluding carboxylic acids is 1. The number of amides is 1. The topological polar surface area (TPSA) is 60.9 Å². The van der Waals surface area contributed by atoms with E-state index in [1.54, 1.807) is 19.2 Å². The Morgan fingerprint density at radius 1 is 1.56 bits per heavy atom. The van der Waals surface area contributed by atoms with E-state index in [4.69, 9.17) is 17.3 Å². The Hall–Kier alpha value is -1.46. The number of hydrogen-bond donors (Lipinski definition) is 1. The maximum absolute atomic E-state index is 11.1. The minimum Gasteiger partial charge on any atom is -0.369 e. The van der Waals surface area contributed by atoms with Crippen LogP contribution in [0.4, 0.5) is 0 Å². The van der Waals surface area contributed by atoms with Crippen LogP contribution in [0.25, 0.3) is 5.69 Å². The van der Waals surface area contributed by atoms with Crippen molar-refractivity contribution in [2.24, 2.45) is 5.73 Å². The number of aromatic nitrogens is 2. The zero-order chi connectivity index (χ0) is 13.1. The van der Waals surface area contributed by atoms with Crippen molar-refractivity contribution < 1.29 is 4.79 Å². The molecular weight excluding hydrogens is 270 g/mol. The maximum atomic E-state index is 11.1. The molecule has 6 heteroatoms. The van der Waals surface area contributed by atoms with E-state index in [0.717, 1.165) is 5.69 Å². The second-order valence-corrected chi connectivity index (χ2v) is 5.47. The smallest absolute Gasteiger partial charge is 0.230 e. The number of thioether (sulfide) groups is 1. The lowest BCUT2D eigenvalue weighted by Gasteiger charge is -2.10. The number of halogens is 1. The summed E-state index contributed by atoms with van der Waals surface area (Å²) in [5.74, 6) is -0.361. The lowest BCUT2D eigenvalue weighted by atomic mass is 10.3. The standard InChI is InChI=1S/C12H12ClN3OS/c1-8(11(14)17)18-12-15-5-6-16(12)10-4-2-3-9(13)7-10/h2-8H,1H3,(H2,14,17)/t8-/m0/s1. The van der Waals surface area contributed by atoms with E-state index in [0.29, 0.717) is 10.2 Å². The Morgan fingerprint density at radius 2 is 2.33 bits per heavy atom. The Bertz CT molecular complexity index is 570. The van der Waals surface area contributed by atoms with E-state index in [-0.39, 0.29) is 11.2 Å². The van der Waals surface area contributed by atoms with Crippen LogP contribution < -0.4 is 5.73 Å². The van der Waals surface area contributed by atoms with Gasteiger partial charge in [-0.2, -0.15) is 0 Å². The second kappa shape index (κ2) is 5.46. The molecule has 1 atom stereocenters. The fourth-order valence-electron chi connectivity index (χ4n) is 1.42. The van der Waals surface area contributed by atoms with Gasteiger partial charge in [0.1, 0.15) is 0 Å². The predicted octanol–water partition coefficient (Wildman–Crippen LogP) is 2.49. The molecule has 0 saturated carbocycles. The van der Waals surface area contributed by atoms with Crippen LogP contribution >= 0.6 is 23.4 Å². The summed E-state index contributed by atoms with van der Waals surface area (Å²) in [6.07, 6.45) is 3.50. The number of benzene rings is 1. The third kappa shape index (κ3) is 2.86. The lowest BCUT2D eigenvalue weighted by Crippen LogP contribution is -2.22. The average Bonchev–Trinajstić information content (AvgIpc) is 2.77. The summed E-state index contributed by atoms with van der Waals surface area (Å²) in [5, 5.41) is 1.04. The molecule has 1 aromatic heterocycles. The number of nitrogens with zero attached hydrogens (tertiary/aromatic N) is 2. The average molecular weight is 282 g/mol. The summed E-state index contributed by atoms with van der Waals surface area (Å²) in [4.78, 5) is 15.3. The van der Waals surface area contributed by atoms with E-state index in [1.807, 2.05) is 29.0 Å². The number of rotatable bonds is 4. The Morgan fingerprint density at radius 3 is 3.00 bits per heavy atom. The monoisotopic (exact) mass is 281 g/mol. The van der Waals surface area contributed by atoms with Crippen molar-refractivity contribution >= 4 is 29.3 Å². The molecule has 0 aliphatic heterocycles. The van der Waals surface area contributed by atoms with Gasteiger partial charge in [-0.3, -0.25) is 9.36 Å². The summed E-state index contributed by atoms with van der Waals surface area (Å²) in [6, 6.07) is 7.43. The third-order valence-corrected chi connectivity index (χ3v) is 3.71. The molecule has 0 bridgehead atoms. The van der Waals surface area contributed by atoms with Gasteiger partial charge in [-0.15, -0.1) is 0 Å². The first-order chi connectivity index (χ1) is 8.58. The van der Waals surface area contributed by atoms with Crippen molar-refractivity contribution in [2.45, 2.75) is 17.3 Å². The highest BCUT2D eigenvalue weighted by atomic mass is 35.5. The molecular formula is C12H12ClN3OS. The number of carbonyl (C=O) groups is 1. The summed E-state index contributed by atoms with van der Waals surface area (Å²) in [5.41, 5.74) is 6.15. The van der Waals surface area contributed by atoms with Crippen molar-refractivity contribution in [1.82, 2.24) is 9.55 Å². The van der Waals surface area contributed by atoms with Gasteiger partial charge in [0.2, 0.25) is 5.91 Å². The van der Waals surface area contributed by atoms with E-state index >= 15 is 0 Å². The molecule has 1 heterocycles. The normalized spacial score (nSPS) is 12.3. The highest BCUT2D eigenvalue weighted by molar-refractivity contribution is 8.00. The van der Waals surface area contributed by atoms with Crippen molar-refractivity contribution in [3.8, 4) is 5.69 Å². The van der Waals surface area contributed by atoms with Crippen LogP contribution in [0.5, 0.6) is 0 Å². The van der Waals surface area contributed by atoms with Gasteiger partial charge in [0.15, 0.2) is 5.16 Å². The van der Waals surface area contributed by atoms with Crippen LogP contribution in [0.2, 0.25) is 5.02 Å². The third-order valence-electron chi connectivity index (χ3n) is 2.38. The summed E-state index contributed by atoms with van der Waals surface area (Å²) < 4.78 is 1.87. The van der Waals surface area contributed by atoms with Crippen LogP contribution in [0, 0.1) is 0 Å². The van der Waals surface area contributed by atoms with Crippen LogP contribution in [-0.2, 0) is 4.79 Å². The van der Waals surface area contributed by atoms with Crippen LogP contribution in [0.1, 0.15) is 6.92 Å². The van der Waals surface area contributed by atoms with Gasteiger partial charge in [0.25, 0.3) is 0 Å². The number of nitrogens with two attached hydrogens (primary N) is 1. The van der Waals surface area contributed by atoms with Gasteiger partial charge < -0.3 is 5.73 Å². The van der Waals surface area contributed by atoms with Crippen molar-refractivity contribution in [3.05, 3.63) is 41.7 Å². The molecule has 1 aromatic carbocycles. The minimum atomic E-state index is -0.361. The molecule has 0 radical (unpaired) electrons. The van der Waals surface area contributed by atoms with Gasteiger partial charge in [0, 0.05) is 23.1 Å². The van der Waals surface area contributed by atoms with Gasteiger partial charge in [-0.1, -0.05) is 29.4 Å². The zero-order valence-corrected chi connectivity index (χ0v) is 11.3. The van der Waals surface area contributed by atoms with Gasteiger partial charge in [-0.05, 0) is 25.1 Å². The predicted molar refractivity (Wildman–Crippen MR) is 73.1 cm³/mol. The van der Waals surface area contributed by atoms with Gasteiger partial charge in [-0.25, -0.2) is 4.98 Å². The molecule has 2 rings (SSSR count). The molecule has 4 nitrogen and oxygen atoms in total. The minimum absolute atomic E-state index is 0.328. The van der Waals surface area contributed by atoms with Gasteiger partial charge in [0.05, 0.1) is 5.25 Å².